The van der Waals surface area contributed by atoms with Gasteiger partial charge >= 0.3 is 0 Å². The van der Waals surface area contributed by atoms with Gasteiger partial charge in [-0.2, -0.15) is 0 Å². The number of hydrogen-bond acceptors (Lipinski definition) is 4. The Morgan fingerprint density at radius 2 is 1.69 bits per heavy atom. The monoisotopic (exact) mass is 575 g/mol. The van der Waals surface area contributed by atoms with E-state index in [1.807, 2.05) is 6.92 Å². The molecule has 2 aromatic carbocycles. The minimum Gasteiger partial charge on any atom is -0.355 e. The van der Waals surface area contributed by atoms with Crippen LogP contribution in [-0.2, 0) is 26.2 Å². The number of hydrogen-bond donors (Lipinski definition) is 1. The van der Waals surface area contributed by atoms with Crippen LogP contribution < -0.4 is 9.62 Å². The van der Waals surface area contributed by atoms with Gasteiger partial charge in [-0.15, -0.1) is 0 Å². The largest absolute Gasteiger partial charge is 0.355 e. The van der Waals surface area contributed by atoms with Crippen LogP contribution in [0.5, 0.6) is 0 Å². The molecular weight excluding hydrogens is 545 g/mol. The lowest BCUT2D eigenvalue weighted by Gasteiger charge is -2.31. The van der Waals surface area contributed by atoms with Crippen molar-refractivity contribution in [3.63, 3.8) is 0 Å². The maximum Gasteiger partial charge on any atom is 0.242 e. The molecule has 11 heteroatoms. The van der Waals surface area contributed by atoms with Gasteiger partial charge in [0.05, 0.1) is 11.9 Å². The number of likely N-dealkylation sites (N-methyl/N-ethyl adjacent to an activating group) is 1. The highest BCUT2D eigenvalue weighted by Gasteiger charge is 2.29. The van der Waals surface area contributed by atoms with Crippen LogP contribution in [0.15, 0.2) is 36.4 Å². The number of amides is 2. The van der Waals surface area contributed by atoms with Crippen LogP contribution in [-0.4, -0.2) is 50.5 Å². The Kier molecular flexibility index (Phi) is 11.3. The molecule has 0 fully saturated rings. The summed E-state index contributed by atoms with van der Waals surface area (Å²) in [6, 6.07) is 9.35. The molecule has 2 rings (SSSR count). The smallest absolute Gasteiger partial charge is 0.242 e. The third kappa shape index (κ3) is 8.00. The Morgan fingerprint density at radius 1 is 1.06 bits per heavy atom. The molecule has 0 radical (unpaired) electrons. The average Bonchev–Trinajstić information content (AvgIpc) is 2.79. The van der Waals surface area contributed by atoms with E-state index in [0.717, 1.165) is 11.8 Å². The van der Waals surface area contributed by atoms with Crippen LogP contribution in [0.25, 0.3) is 0 Å². The van der Waals surface area contributed by atoms with E-state index >= 15 is 0 Å². The highest BCUT2D eigenvalue weighted by Crippen LogP contribution is 2.29. The molecule has 1 atom stereocenters. The molecule has 36 heavy (non-hydrogen) atoms. The second-order valence-electron chi connectivity index (χ2n) is 8.41. The van der Waals surface area contributed by atoms with E-state index in [1.165, 1.54) is 9.21 Å². The molecule has 2 aromatic rings. The Bertz CT molecular complexity index is 1170. The van der Waals surface area contributed by atoms with Crippen molar-refractivity contribution in [2.75, 3.05) is 23.7 Å². The van der Waals surface area contributed by atoms with Crippen molar-refractivity contribution in [2.45, 2.75) is 52.6 Å². The van der Waals surface area contributed by atoms with E-state index in [1.54, 1.807) is 50.2 Å². The molecule has 0 unspecified atom stereocenters. The molecule has 1 N–H and O–H groups in total. The van der Waals surface area contributed by atoms with Gasteiger partial charge in [-0.05, 0) is 56.5 Å². The molecule has 0 saturated heterocycles. The SMILES string of the molecule is CCNC(=O)[C@@H](CC)N(Cc1c(Cl)cccc1Cl)C(=O)CCCN(c1cc(Cl)ccc1C)S(C)(=O)=O. The summed E-state index contributed by atoms with van der Waals surface area (Å²) < 4.78 is 26.3. The zero-order chi connectivity index (χ0) is 27.0. The number of benzene rings is 2. The first-order valence-corrected chi connectivity index (χ1v) is 14.6. The fraction of sp³-hybridized carbons (Fsp3) is 0.440. The van der Waals surface area contributed by atoms with Gasteiger partial charge in [0.15, 0.2) is 0 Å². The first-order valence-electron chi connectivity index (χ1n) is 11.6. The number of nitrogens with one attached hydrogen (secondary N) is 1. The van der Waals surface area contributed by atoms with Gasteiger partial charge in [0.1, 0.15) is 6.04 Å². The van der Waals surface area contributed by atoms with Crippen LogP contribution in [0.2, 0.25) is 15.1 Å². The van der Waals surface area contributed by atoms with Gasteiger partial charge < -0.3 is 10.2 Å². The molecule has 0 saturated carbocycles. The Balaban J connectivity index is 2.29. The second-order valence-corrected chi connectivity index (χ2v) is 11.6. The number of carbonyl (C=O) groups excluding carboxylic acids is 2. The molecule has 198 valence electrons. The molecule has 0 aromatic heterocycles. The van der Waals surface area contributed by atoms with Crippen LogP contribution in [0.4, 0.5) is 5.69 Å². The Hall–Kier alpha value is -2.00. The number of sulfonamides is 1. The number of halogens is 3. The van der Waals surface area contributed by atoms with Crippen LogP contribution in [0, 0.1) is 6.92 Å². The van der Waals surface area contributed by atoms with Crippen molar-refractivity contribution in [3.05, 3.63) is 62.6 Å². The summed E-state index contributed by atoms with van der Waals surface area (Å²) in [6.45, 7) is 5.97. The first-order chi connectivity index (χ1) is 16.9. The molecule has 7 nitrogen and oxygen atoms in total. The maximum atomic E-state index is 13.4. The fourth-order valence-electron chi connectivity index (χ4n) is 3.90. The third-order valence-corrected chi connectivity index (χ3v) is 7.84. The summed E-state index contributed by atoms with van der Waals surface area (Å²) in [5.74, 6) is -0.579. The fourth-order valence-corrected chi connectivity index (χ4v) is 5.60. The summed E-state index contributed by atoms with van der Waals surface area (Å²) >= 11 is 18.8. The van der Waals surface area contributed by atoms with Gasteiger partial charge in [-0.3, -0.25) is 13.9 Å². The standard InChI is InChI=1S/C25H32Cl3N3O4S/c1-5-22(25(33)29-6-2)30(16-19-20(27)9-7-10-21(19)28)24(32)11-8-14-31(36(4,34)35)23-15-18(26)13-12-17(23)3/h7,9-10,12-13,15,22H,5-6,8,11,14,16H2,1-4H3,(H,29,33)/t22-/m1/s1. The normalized spacial score (nSPS) is 12.2. The first kappa shape index (κ1) is 30.2. The van der Waals surface area contributed by atoms with Gasteiger partial charge in [0, 0.05) is 46.7 Å². The Morgan fingerprint density at radius 3 is 2.25 bits per heavy atom. The number of aryl methyl sites for hydroxylation is 1. The lowest BCUT2D eigenvalue weighted by molar-refractivity contribution is -0.141. The van der Waals surface area contributed by atoms with E-state index in [2.05, 4.69) is 5.32 Å². The zero-order valence-corrected chi connectivity index (χ0v) is 23.9. The van der Waals surface area contributed by atoms with Crippen molar-refractivity contribution in [1.29, 1.82) is 0 Å². The van der Waals surface area contributed by atoms with Crippen LogP contribution >= 0.6 is 34.8 Å². The average molecular weight is 577 g/mol. The van der Waals surface area contributed by atoms with Crippen molar-refractivity contribution in [1.82, 2.24) is 10.2 Å². The quantitative estimate of drug-likeness (QED) is 0.364. The van der Waals surface area contributed by atoms with Crippen molar-refractivity contribution < 1.29 is 18.0 Å². The lowest BCUT2D eigenvalue weighted by Crippen LogP contribution is -2.49. The minimum absolute atomic E-state index is 0.0175. The van der Waals surface area contributed by atoms with Crippen molar-refractivity contribution >= 4 is 62.3 Å². The van der Waals surface area contributed by atoms with Crippen LogP contribution in [0.1, 0.15) is 44.2 Å². The van der Waals surface area contributed by atoms with Gasteiger partial charge in [0.25, 0.3) is 0 Å². The molecule has 0 heterocycles. The third-order valence-electron chi connectivity index (χ3n) is 5.72. The summed E-state index contributed by atoms with van der Waals surface area (Å²) in [7, 11) is -3.63. The van der Waals surface area contributed by atoms with E-state index < -0.39 is 16.1 Å². The number of anilines is 1. The number of carbonyl (C=O) groups is 2. The van der Waals surface area contributed by atoms with Crippen LogP contribution in [0.3, 0.4) is 0 Å². The van der Waals surface area contributed by atoms with Crippen molar-refractivity contribution in [2.24, 2.45) is 0 Å². The molecule has 0 aliphatic rings. The predicted molar refractivity (Wildman–Crippen MR) is 147 cm³/mol. The summed E-state index contributed by atoms with van der Waals surface area (Å²) in [6.07, 6.45) is 1.75. The van der Waals surface area contributed by atoms with E-state index in [4.69, 9.17) is 34.8 Å². The summed E-state index contributed by atoms with van der Waals surface area (Å²) in [5, 5.41) is 3.98. The van der Waals surface area contributed by atoms with Gasteiger partial charge in [-0.25, -0.2) is 8.42 Å². The second kappa shape index (κ2) is 13.5. The lowest BCUT2D eigenvalue weighted by atomic mass is 10.1. The van der Waals surface area contributed by atoms with E-state index in [0.29, 0.717) is 39.3 Å². The topological polar surface area (TPSA) is 86.8 Å². The number of nitrogens with zero attached hydrogens (tertiary/aromatic N) is 2. The zero-order valence-electron chi connectivity index (χ0n) is 20.9. The maximum absolute atomic E-state index is 13.4. The Labute approximate surface area is 228 Å². The molecule has 0 aliphatic carbocycles. The van der Waals surface area contributed by atoms with Gasteiger partial charge in [0.2, 0.25) is 21.8 Å². The van der Waals surface area contributed by atoms with Crippen molar-refractivity contribution in [3.8, 4) is 0 Å². The summed E-state index contributed by atoms with van der Waals surface area (Å²) in [5.41, 5.74) is 1.75. The van der Waals surface area contributed by atoms with E-state index in [-0.39, 0.29) is 37.7 Å². The van der Waals surface area contributed by atoms with E-state index in [9.17, 15) is 18.0 Å². The highest BCUT2D eigenvalue weighted by molar-refractivity contribution is 7.92. The molecule has 0 aliphatic heterocycles. The highest BCUT2D eigenvalue weighted by atomic mass is 35.5. The molecular formula is C25H32Cl3N3O4S. The number of rotatable bonds is 12. The molecule has 0 bridgehead atoms. The molecule has 0 spiro atoms. The summed E-state index contributed by atoms with van der Waals surface area (Å²) in [4.78, 5) is 27.7. The molecule has 2 amide bonds. The predicted octanol–water partition coefficient (Wildman–Crippen LogP) is 5.44. The van der Waals surface area contributed by atoms with Gasteiger partial charge in [-0.1, -0.05) is 53.9 Å². The minimum atomic E-state index is -3.63.